The van der Waals surface area contributed by atoms with Gasteiger partial charge >= 0.3 is 0 Å². The fourth-order valence-electron chi connectivity index (χ4n) is 2.17. The molecule has 0 spiro atoms. The maximum atomic E-state index is 12.6. The van der Waals surface area contributed by atoms with Crippen molar-refractivity contribution < 1.29 is 22.6 Å². The van der Waals surface area contributed by atoms with Crippen molar-refractivity contribution in [2.75, 3.05) is 26.4 Å². The fourth-order valence-corrected chi connectivity index (χ4v) is 3.34. The molecule has 0 unspecified atom stereocenters. The smallest absolute Gasteiger partial charge is 0.244 e. The van der Waals surface area contributed by atoms with E-state index in [9.17, 15) is 8.42 Å². The van der Waals surface area contributed by atoms with Gasteiger partial charge in [-0.05, 0) is 38.1 Å². The second kappa shape index (κ2) is 9.29. The lowest BCUT2D eigenvalue weighted by Gasteiger charge is -2.14. The summed E-state index contributed by atoms with van der Waals surface area (Å²) in [5.41, 5.74) is 0. The van der Waals surface area contributed by atoms with E-state index < -0.39 is 10.0 Å². The van der Waals surface area contributed by atoms with Crippen molar-refractivity contribution in [1.82, 2.24) is 4.72 Å². The van der Waals surface area contributed by atoms with Crippen LogP contribution in [-0.4, -0.2) is 34.8 Å². The molecular formula is C18H23NO5S. The molecule has 0 aliphatic carbocycles. The summed E-state index contributed by atoms with van der Waals surface area (Å²) in [7, 11) is -3.74. The molecule has 0 atom stereocenters. The number of ether oxygens (including phenoxy) is 3. The lowest BCUT2D eigenvalue weighted by Crippen LogP contribution is -2.28. The Hall–Kier alpha value is -2.25. The molecule has 2 aromatic rings. The molecule has 0 aliphatic heterocycles. The molecule has 136 valence electrons. The minimum absolute atomic E-state index is 0.0556. The van der Waals surface area contributed by atoms with Crippen LogP contribution in [0.5, 0.6) is 17.2 Å². The van der Waals surface area contributed by atoms with E-state index in [-0.39, 0.29) is 18.0 Å². The average Bonchev–Trinajstić information content (AvgIpc) is 2.61. The van der Waals surface area contributed by atoms with E-state index in [0.717, 1.165) is 0 Å². The molecule has 25 heavy (non-hydrogen) atoms. The highest BCUT2D eigenvalue weighted by Gasteiger charge is 2.20. The molecule has 0 saturated carbocycles. The van der Waals surface area contributed by atoms with Gasteiger partial charge in [0.25, 0.3) is 0 Å². The Morgan fingerprint density at radius 3 is 2.28 bits per heavy atom. The fraction of sp³-hybridized carbons (Fsp3) is 0.333. The predicted octanol–water partition coefficient (Wildman–Crippen LogP) is 2.84. The molecule has 6 nitrogen and oxygen atoms in total. The van der Waals surface area contributed by atoms with Gasteiger partial charge in [0.2, 0.25) is 10.0 Å². The first-order valence-corrected chi connectivity index (χ1v) is 9.62. The molecule has 0 fully saturated rings. The number of rotatable bonds is 10. The Bertz CT molecular complexity index is 762. The van der Waals surface area contributed by atoms with Crippen molar-refractivity contribution in [2.45, 2.75) is 18.7 Å². The van der Waals surface area contributed by atoms with Crippen LogP contribution in [0.4, 0.5) is 0 Å². The minimum Gasteiger partial charge on any atom is -0.494 e. The highest BCUT2D eigenvalue weighted by atomic mass is 32.2. The lowest BCUT2D eigenvalue weighted by atomic mass is 10.3. The zero-order valence-electron chi connectivity index (χ0n) is 14.4. The average molecular weight is 365 g/mol. The molecule has 0 aromatic heterocycles. The van der Waals surface area contributed by atoms with E-state index in [1.165, 1.54) is 6.07 Å². The molecular weight excluding hydrogens is 342 g/mol. The summed E-state index contributed by atoms with van der Waals surface area (Å²) >= 11 is 0. The van der Waals surface area contributed by atoms with Crippen LogP contribution in [0.1, 0.15) is 13.8 Å². The van der Waals surface area contributed by atoms with Gasteiger partial charge in [0.15, 0.2) is 0 Å². The number of sulfonamides is 1. The second-order valence-electron chi connectivity index (χ2n) is 5.03. The van der Waals surface area contributed by atoms with Crippen molar-refractivity contribution in [3.05, 3.63) is 48.5 Å². The van der Waals surface area contributed by atoms with Crippen molar-refractivity contribution in [1.29, 1.82) is 0 Å². The maximum absolute atomic E-state index is 12.6. The number of hydrogen-bond donors (Lipinski definition) is 1. The van der Waals surface area contributed by atoms with E-state index in [2.05, 4.69) is 4.72 Å². The van der Waals surface area contributed by atoms with Crippen LogP contribution in [-0.2, 0) is 10.0 Å². The second-order valence-corrected chi connectivity index (χ2v) is 6.77. The number of para-hydroxylation sites is 1. The first kappa shape index (κ1) is 19.1. The van der Waals surface area contributed by atoms with E-state index >= 15 is 0 Å². The van der Waals surface area contributed by atoms with Crippen LogP contribution in [0.2, 0.25) is 0 Å². The van der Waals surface area contributed by atoms with Gasteiger partial charge in [0.1, 0.15) is 28.8 Å². The molecule has 1 N–H and O–H groups in total. The third-order valence-electron chi connectivity index (χ3n) is 3.22. The summed E-state index contributed by atoms with van der Waals surface area (Å²) in [5, 5.41) is 0. The summed E-state index contributed by atoms with van der Waals surface area (Å²) in [4.78, 5) is 0.0556. The van der Waals surface area contributed by atoms with Crippen LogP contribution < -0.4 is 18.9 Å². The van der Waals surface area contributed by atoms with Gasteiger partial charge in [-0.1, -0.05) is 18.2 Å². The van der Waals surface area contributed by atoms with Crippen molar-refractivity contribution in [2.24, 2.45) is 0 Å². The molecule has 0 saturated heterocycles. The molecule has 2 rings (SSSR count). The molecule has 0 heterocycles. The third kappa shape index (κ3) is 5.65. The van der Waals surface area contributed by atoms with Gasteiger partial charge in [-0.2, -0.15) is 0 Å². The topological polar surface area (TPSA) is 73.9 Å². The van der Waals surface area contributed by atoms with Crippen molar-refractivity contribution in [3.8, 4) is 17.2 Å². The summed E-state index contributed by atoms with van der Waals surface area (Å²) in [6.07, 6.45) is 0. The number of nitrogens with one attached hydrogen (secondary N) is 1. The Kier molecular flexibility index (Phi) is 7.09. The summed E-state index contributed by atoms with van der Waals surface area (Å²) in [6.45, 7) is 4.82. The first-order chi connectivity index (χ1) is 12.1. The summed E-state index contributed by atoms with van der Waals surface area (Å²) < 4.78 is 44.0. The molecule has 0 radical (unpaired) electrons. The van der Waals surface area contributed by atoms with Crippen LogP contribution in [0.15, 0.2) is 53.4 Å². The maximum Gasteiger partial charge on any atom is 0.244 e. The summed E-state index contributed by atoms with van der Waals surface area (Å²) in [6, 6.07) is 14.0. The number of benzene rings is 2. The van der Waals surface area contributed by atoms with Gasteiger partial charge in [-0.3, -0.25) is 0 Å². The van der Waals surface area contributed by atoms with Crippen LogP contribution >= 0.6 is 0 Å². The minimum atomic E-state index is -3.74. The molecule has 0 aliphatic rings. The van der Waals surface area contributed by atoms with Crippen LogP contribution in [0.25, 0.3) is 0 Å². The SMILES string of the molecule is CCOc1ccc(OCC)c(S(=O)(=O)NCCOc2ccccc2)c1. The van der Waals surface area contributed by atoms with Gasteiger partial charge in [-0.15, -0.1) is 0 Å². The van der Waals surface area contributed by atoms with Gasteiger partial charge in [-0.25, -0.2) is 13.1 Å². The normalized spacial score (nSPS) is 11.1. The largest absolute Gasteiger partial charge is 0.494 e. The highest BCUT2D eigenvalue weighted by Crippen LogP contribution is 2.28. The lowest BCUT2D eigenvalue weighted by molar-refractivity contribution is 0.319. The zero-order valence-corrected chi connectivity index (χ0v) is 15.2. The molecule has 2 aromatic carbocycles. The zero-order chi connectivity index (χ0) is 18.1. The standard InChI is InChI=1S/C18H23NO5S/c1-3-22-16-10-11-17(23-4-2)18(14-16)25(20,21)19-12-13-24-15-8-6-5-7-9-15/h5-11,14,19H,3-4,12-13H2,1-2H3. The monoisotopic (exact) mass is 365 g/mol. The third-order valence-corrected chi connectivity index (χ3v) is 4.70. The Balaban J connectivity index is 2.05. The van der Waals surface area contributed by atoms with Crippen LogP contribution in [0.3, 0.4) is 0 Å². The van der Waals surface area contributed by atoms with Crippen molar-refractivity contribution >= 4 is 10.0 Å². The predicted molar refractivity (Wildman–Crippen MR) is 95.9 cm³/mol. The van der Waals surface area contributed by atoms with Gasteiger partial charge in [0.05, 0.1) is 13.2 Å². The van der Waals surface area contributed by atoms with Gasteiger partial charge in [0, 0.05) is 12.6 Å². The summed E-state index contributed by atoms with van der Waals surface area (Å²) in [5.74, 6) is 1.46. The quantitative estimate of drug-likeness (QED) is 0.656. The van der Waals surface area contributed by atoms with E-state index in [0.29, 0.717) is 30.5 Å². The first-order valence-electron chi connectivity index (χ1n) is 8.14. The highest BCUT2D eigenvalue weighted by molar-refractivity contribution is 7.89. The molecule has 0 bridgehead atoms. The van der Waals surface area contributed by atoms with Crippen molar-refractivity contribution in [3.63, 3.8) is 0 Å². The Labute approximate surface area is 148 Å². The number of hydrogen-bond acceptors (Lipinski definition) is 5. The van der Waals surface area contributed by atoms with Gasteiger partial charge < -0.3 is 14.2 Å². The Morgan fingerprint density at radius 1 is 0.880 bits per heavy atom. The molecule has 0 amide bonds. The van der Waals surface area contributed by atoms with E-state index in [1.807, 2.05) is 37.3 Å². The van der Waals surface area contributed by atoms with Crippen LogP contribution in [0, 0.1) is 0 Å². The van der Waals surface area contributed by atoms with E-state index in [4.69, 9.17) is 14.2 Å². The Morgan fingerprint density at radius 2 is 1.60 bits per heavy atom. The van der Waals surface area contributed by atoms with E-state index in [1.54, 1.807) is 19.1 Å². The molecule has 7 heteroatoms.